The summed E-state index contributed by atoms with van der Waals surface area (Å²) in [5, 5.41) is 3.52. The van der Waals surface area contributed by atoms with Crippen molar-refractivity contribution in [1.82, 2.24) is 5.32 Å². The van der Waals surface area contributed by atoms with Crippen molar-refractivity contribution in [3.05, 3.63) is 29.8 Å². The van der Waals surface area contributed by atoms with Gasteiger partial charge in [0.05, 0.1) is 6.61 Å². The van der Waals surface area contributed by atoms with E-state index in [2.05, 4.69) is 29.6 Å². The Balaban J connectivity index is 1.44. The van der Waals surface area contributed by atoms with Gasteiger partial charge in [-0.05, 0) is 49.3 Å². The monoisotopic (exact) mass is 231 g/mol. The van der Waals surface area contributed by atoms with Gasteiger partial charge in [0.25, 0.3) is 0 Å². The molecule has 1 aromatic carbocycles. The molecular weight excluding hydrogens is 210 g/mol. The fraction of sp³-hybridized carbons (Fsp3) is 0.600. The number of hydrogen-bond donors (Lipinski definition) is 1. The molecule has 0 bridgehead atoms. The lowest BCUT2D eigenvalue weighted by Gasteiger charge is -2.25. The summed E-state index contributed by atoms with van der Waals surface area (Å²) < 4.78 is 5.78. The SMILES string of the molecule is c1cc(OCC2CCC2)ccc1CNC1CC1. The number of ether oxygens (including phenoxy) is 1. The second-order valence-corrected chi connectivity index (χ2v) is 5.41. The van der Waals surface area contributed by atoms with Gasteiger partial charge in [-0.1, -0.05) is 18.6 Å². The van der Waals surface area contributed by atoms with Gasteiger partial charge in [-0.25, -0.2) is 0 Å². The predicted octanol–water partition coefficient (Wildman–Crippen LogP) is 3.12. The van der Waals surface area contributed by atoms with Crippen molar-refractivity contribution in [2.75, 3.05) is 6.61 Å². The Morgan fingerprint density at radius 3 is 2.41 bits per heavy atom. The highest BCUT2D eigenvalue weighted by Crippen LogP contribution is 2.27. The average Bonchev–Trinajstić information content (AvgIpc) is 3.10. The summed E-state index contributed by atoms with van der Waals surface area (Å²) in [4.78, 5) is 0. The Hall–Kier alpha value is -1.02. The van der Waals surface area contributed by atoms with Crippen LogP contribution in [-0.2, 0) is 6.54 Å². The van der Waals surface area contributed by atoms with Crippen LogP contribution < -0.4 is 10.1 Å². The lowest BCUT2D eigenvalue weighted by molar-refractivity contribution is 0.180. The maximum absolute atomic E-state index is 5.78. The Kier molecular flexibility index (Phi) is 3.32. The van der Waals surface area contributed by atoms with Gasteiger partial charge in [0.15, 0.2) is 0 Å². The smallest absolute Gasteiger partial charge is 0.119 e. The van der Waals surface area contributed by atoms with Gasteiger partial charge < -0.3 is 10.1 Å². The first-order valence-electron chi connectivity index (χ1n) is 6.85. The Labute approximate surface area is 103 Å². The molecule has 0 radical (unpaired) electrons. The fourth-order valence-electron chi connectivity index (χ4n) is 2.13. The molecule has 17 heavy (non-hydrogen) atoms. The average molecular weight is 231 g/mol. The molecule has 0 unspecified atom stereocenters. The van der Waals surface area contributed by atoms with Gasteiger partial charge in [-0.2, -0.15) is 0 Å². The van der Waals surface area contributed by atoms with E-state index in [1.165, 1.54) is 37.7 Å². The summed E-state index contributed by atoms with van der Waals surface area (Å²) >= 11 is 0. The van der Waals surface area contributed by atoms with Crippen LogP contribution in [0.2, 0.25) is 0 Å². The second-order valence-electron chi connectivity index (χ2n) is 5.41. The lowest BCUT2D eigenvalue weighted by atomic mass is 9.86. The normalized spacial score (nSPS) is 20.0. The fourth-order valence-corrected chi connectivity index (χ4v) is 2.13. The van der Waals surface area contributed by atoms with E-state index in [0.717, 1.165) is 30.9 Å². The van der Waals surface area contributed by atoms with Gasteiger partial charge in [-0.15, -0.1) is 0 Å². The van der Waals surface area contributed by atoms with Crippen LogP contribution in [0.15, 0.2) is 24.3 Å². The van der Waals surface area contributed by atoms with E-state index in [9.17, 15) is 0 Å². The van der Waals surface area contributed by atoms with Crippen molar-refractivity contribution < 1.29 is 4.74 Å². The molecule has 2 fully saturated rings. The zero-order chi connectivity index (χ0) is 11.5. The van der Waals surface area contributed by atoms with E-state index in [-0.39, 0.29) is 0 Å². The van der Waals surface area contributed by atoms with Crippen molar-refractivity contribution in [1.29, 1.82) is 0 Å². The highest BCUT2D eigenvalue weighted by atomic mass is 16.5. The number of hydrogen-bond acceptors (Lipinski definition) is 2. The summed E-state index contributed by atoms with van der Waals surface area (Å²) in [7, 11) is 0. The van der Waals surface area contributed by atoms with Crippen LogP contribution in [0.25, 0.3) is 0 Å². The second kappa shape index (κ2) is 5.09. The molecule has 2 nitrogen and oxygen atoms in total. The predicted molar refractivity (Wildman–Crippen MR) is 69.1 cm³/mol. The molecule has 2 aliphatic carbocycles. The van der Waals surface area contributed by atoms with Crippen LogP contribution in [0.5, 0.6) is 5.75 Å². The number of nitrogens with one attached hydrogen (secondary N) is 1. The summed E-state index contributed by atoms with van der Waals surface area (Å²) in [5.41, 5.74) is 1.35. The molecule has 0 heterocycles. The van der Waals surface area contributed by atoms with Crippen molar-refractivity contribution in [3.63, 3.8) is 0 Å². The maximum Gasteiger partial charge on any atom is 0.119 e. The van der Waals surface area contributed by atoms with Gasteiger partial charge >= 0.3 is 0 Å². The van der Waals surface area contributed by atoms with Gasteiger partial charge in [0, 0.05) is 12.6 Å². The van der Waals surface area contributed by atoms with E-state index in [1.807, 2.05) is 0 Å². The Morgan fingerprint density at radius 2 is 1.82 bits per heavy atom. The molecule has 2 aliphatic rings. The van der Waals surface area contributed by atoms with Crippen molar-refractivity contribution in [2.45, 2.75) is 44.7 Å². The molecule has 0 amide bonds. The molecule has 2 heteroatoms. The number of benzene rings is 1. The molecule has 1 N–H and O–H groups in total. The van der Waals surface area contributed by atoms with Crippen molar-refractivity contribution >= 4 is 0 Å². The molecule has 0 atom stereocenters. The number of rotatable bonds is 6. The highest BCUT2D eigenvalue weighted by Gasteiger charge is 2.20. The molecule has 2 saturated carbocycles. The van der Waals surface area contributed by atoms with Crippen molar-refractivity contribution in [3.8, 4) is 5.75 Å². The minimum atomic E-state index is 0.782. The molecule has 1 aromatic rings. The summed E-state index contributed by atoms with van der Waals surface area (Å²) in [6.07, 6.45) is 6.79. The quantitative estimate of drug-likeness (QED) is 0.812. The topological polar surface area (TPSA) is 21.3 Å². The van der Waals surface area contributed by atoms with Crippen LogP contribution >= 0.6 is 0 Å². The first-order valence-corrected chi connectivity index (χ1v) is 6.85. The minimum absolute atomic E-state index is 0.782. The molecule has 3 rings (SSSR count). The zero-order valence-corrected chi connectivity index (χ0v) is 10.3. The van der Waals surface area contributed by atoms with Gasteiger partial charge in [0.2, 0.25) is 0 Å². The summed E-state index contributed by atoms with van der Waals surface area (Å²) in [6.45, 7) is 1.90. The third-order valence-electron chi connectivity index (χ3n) is 3.81. The van der Waals surface area contributed by atoms with Crippen LogP contribution in [0.1, 0.15) is 37.7 Å². The third kappa shape index (κ3) is 3.22. The lowest BCUT2D eigenvalue weighted by Crippen LogP contribution is -2.19. The molecular formula is C15H21NO. The van der Waals surface area contributed by atoms with Crippen LogP contribution in [0.3, 0.4) is 0 Å². The van der Waals surface area contributed by atoms with E-state index in [0.29, 0.717) is 0 Å². The third-order valence-corrected chi connectivity index (χ3v) is 3.81. The van der Waals surface area contributed by atoms with E-state index < -0.39 is 0 Å². The first-order chi connectivity index (χ1) is 8.40. The van der Waals surface area contributed by atoms with Crippen LogP contribution in [0.4, 0.5) is 0 Å². The highest BCUT2D eigenvalue weighted by molar-refractivity contribution is 5.27. The molecule has 0 spiro atoms. The summed E-state index contributed by atoms with van der Waals surface area (Å²) in [6, 6.07) is 9.33. The largest absolute Gasteiger partial charge is 0.493 e. The van der Waals surface area contributed by atoms with E-state index in [1.54, 1.807) is 0 Å². The molecule has 0 aliphatic heterocycles. The molecule has 92 valence electrons. The van der Waals surface area contributed by atoms with Crippen LogP contribution in [0, 0.1) is 5.92 Å². The van der Waals surface area contributed by atoms with E-state index in [4.69, 9.17) is 4.74 Å². The minimum Gasteiger partial charge on any atom is -0.493 e. The van der Waals surface area contributed by atoms with Gasteiger partial charge in [0.1, 0.15) is 5.75 Å². The summed E-state index contributed by atoms with van der Waals surface area (Å²) in [5.74, 6) is 1.83. The Morgan fingerprint density at radius 1 is 1.06 bits per heavy atom. The van der Waals surface area contributed by atoms with E-state index >= 15 is 0 Å². The van der Waals surface area contributed by atoms with Crippen LogP contribution in [-0.4, -0.2) is 12.6 Å². The molecule has 0 aromatic heterocycles. The van der Waals surface area contributed by atoms with Gasteiger partial charge in [-0.3, -0.25) is 0 Å². The maximum atomic E-state index is 5.78. The van der Waals surface area contributed by atoms with Crippen molar-refractivity contribution in [2.24, 2.45) is 5.92 Å². The standard InChI is InChI=1S/C15H21NO/c1-2-13(3-1)11-17-15-8-4-12(5-9-15)10-16-14-6-7-14/h4-5,8-9,13-14,16H,1-3,6-7,10-11H2. The molecule has 0 saturated heterocycles. The first kappa shape index (κ1) is 11.1. The Bertz CT molecular complexity index is 352. The zero-order valence-electron chi connectivity index (χ0n) is 10.3.